The molecule has 1 amide bonds. The van der Waals surface area contributed by atoms with Crippen molar-refractivity contribution in [2.24, 2.45) is 17.1 Å². The van der Waals surface area contributed by atoms with Crippen LogP contribution in [0.25, 0.3) is 0 Å². The maximum absolute atomic E-state index is 12.5. The normalized spacial score (nSPS) is 11.5. The van der Waals surface area contributed by atoms with Crippen LogP contribution >= 0.6 is 0 Å². The number of carbonyl (C=O) groups is 2. The number of hydrogen-bond acceptors (Lipinski definition) is 4. The van der Waals surface area contributed by atoms with Crippen molar-refractivity contribution in [3.8, 4) is 0 Å². The molecule has 0 spiro atoms. The summed E-state index contributed by atoms with van der Waals surface area (Å²) in [7, 11) is 1.33. The van der Waals surface area contributed by atoms with Crippen LogP contribution in [0.5, 0.6) is 0 Å². The molecule has 0 saturated carbocycles. The van der Waals surface area contributed by atoms with E-state index < -0.39 is 11.4 Å². The number of methoxy groups -OCH3 is 1. The van der Waals surface area contributed by atoms with Gasteiger partial charge in [0.2, 0.25) is 5.91 Å². The van der Waals surface area contributed by atoms with E-state index in [1.165, 1.54) is 7.11 Å². The molecular weight excluding hydrogens is 244 g/mol. The summed E-state index contributed by atoms with van der Waals surface area (Å²) in [5, 5.41) is 0. The van der Waals surface area contributed by atoms with Crippen LogP contribution < -0.4 is 5.73 Å². The van der Waals surface area contributed by atoms with Gasteiger partial charge < -0.3 is 15.4 Å². The van der Waals surface area contributed by atoms with Crippen molar-refractivity contribution in [1.29, 1.82) is 0 Å². The lowest BCUT2D eigenvalue weighted by Gasteiger charge is -2.32. The van der Waals surface area contributed by atoms with Crippen molar-refractivity contribution in [2.75, 3.05) is 26.7 Å². The number of amides is 1. The Morgan fingerprint density at radius 1 is 1.26 bits per heavy atom. The highest BCUT2D eigenvalue weighted by Crippen LogP contribution is 2.19. The summed E-state index contributed by atoms with van der Waals surface area (Å²) in [6.45, 7) is 8.59. The van der Waals surface area contributed by atoms with Gasteiger partial charge in [-0.3, -0.25) is 9.59 Å². The van der Waals surface area contributed by atoms with E-state index in [0.717, 1.165) is 12.8 Å². The monoisotopic (exact) mass is 272 g/mol. The third-order valence-electron chi connectivity index (χ3n) is 3.56. The second kappa shape index (κ2) is 8.15. The van der Waals surface area contributed by atoms with Crippen LogP contribution in [-0.2, 0) is 14.3 Å². The first-order valence-corrected chi connectivity index (χ1v) is 6.88. The van der Waals surface area contributed by atoms with Crippen molar-refractivity contribution in [3.63, 3.8) is 0 Å². The van der Waals surface area contributed by atoms with Crippen molar-refractivity contribution < 1.29 is 14.3 Å². The van der Waals surface area contributed by atoms with Gasteiger partial charge in [-0.25, -0.2) is 0 Å². The summed E-state index contributed by atoms with van der Waals surface area (Å²) in [4.78, 5) is 25.5. The van der Waals surface area contributed by atoms with Gasteiger partial charge >= 0.3 is 5.97 Å². The highest BCUT2D eigenvalue weighted by atomic mass is 16.5. The molecule has 2 N–H and O–H groups in total. The van der Waals surface area contributed by atoms with E-state index in [9.17, 15) is 9.59 Å². The van der Waals surface area contributed by atoms with Crippen LogP contribution in [0.1, 0.15) is 40.5 Å². The highest BCUT2D eigenvalue weighted by molar-refractivity contribution is 5.86. The Labute approximate surface area is 116 Å². The maximum atomic E-state index is 12.5. The Balaban J connectivity index is 4.94. The van der Waals surface area contributed by atoms with E-state index in [1.54, 1.807) is 18.7 Å². The summed E-state index contributed by atoms with van der Waals surface area (Å²) < 4.78 is 4.66. The molecule has 112 valence electrons. The van der Waals surface area contributed by atoms with Gasteiger partial charge in [-0.2, -0.15) is 0 Å². The maximum Gasteiger partial charge on any atom is 0.325 e. The number of hydrogen-bond donors (Lipinski definition) is 1. The molecule has 0 saturated heterocycles. The van der Waals surface area contributed by atoms with E-state index in [0.29, 0.717) is 12.5 Å². The number of nitrogens with zero attached hydrogens (tertiary/aromatic N) is 1. The Kier molecular flexibility index (Phi) is 7.68. The van der Waals surface area contributed by atoms with Crippen LogP contribution in [0, 0.1) is 11.3 Å². The van der Waals surface area contributed by atoms with Crippen molar-refractivity contribution in [3.05, 3.63) is 0 Å². The molecule has 0 aromatic carbocycles. The molecule has 5 heteroatoms. The van der Waals surface area contributed by atoms with Gasteiger partial charge in [-0.15, -0.1) is 0 Å². The van der Waals surface area contributed by atoms with E-state index >= 15 is 0 Å². The lowest BCUT2D eigenvalue weighted by molar-refractivity contribution is -0.151. The zero-order valence-corrected chi connectivity index (χ0v) is 12.9. The predicted molar refractivity (Wildman–Crippen MR) is 75.5 cm³/mol. The fourth-order valence-electron chi connectivity index (χ4n) is 1.81. The summed E-state index contributed by atoms with van der Waals surface area (Å²) in [6, 6.07) is 0. The largest absolute Gasteiger partial charge is 0.468 e. The molecule has 0 aliphatic carbocycles. The molecule has 0 fully saturated rings. The lowest BCUT2D eigenvalue weighted by Crippen LogP contribution is -2.48. The third kappa shape index (κ3) is 5.59. The van der Waals surface area contributed by atoms with Gasteiger partial charge in [0.25, 0.3) is 0 Å². The number of nitrogens with two attached hydrogens (primary N) is 1. The smallest absolute Gasteiger partial charge is 0.325 e. The minimum atomic E-state index is -0.653. The molecular formula is C14H28N2O3. The SMILES string of the molecule is CCC(CC)CN(CC(=O)OC)C(=O)C(C)(C)CN. The van der Waals surface area contributed by atoms with Gasteiger partial charge in [-0.1, -0.05) is 26.7 Å². The molecule has 0 bridgehead atoms. The molecule has 5 nitrogen and oxygen atoms in total. The zero-order valence-electron chi connectivity index (χ0n) is 12.9. The minimum absolute atomic E-state index is 0.00470. The fourth-order valence-corrected chi connectivity index (χ4v) is 1.81. The number of ether oxygens (including phenoxy) is 1. The minimum Gasteiger partial charge on any atom is -0.468 e. The predicted octanol–water partition coefficient (Wildman–Crippen LogP) is 1.41. The van der Waals surface area contributed by atoms with Gasteiger partial charge in [0.15, 0.2) is 0 Å². The molecule has 0 aliphatic heterocycles. The molecule has 0 atom stereocenters. The Morgan fingerprint density at radius 2 is 1.79 bits per heavy atom. The molecule has 0 rings (SSSR count). The van der Waals surface area contributed by atoms with Gasteiger partial charge in [-0.05, 0) is 19.8 Å². The molecule has 0 aromatic rings. The van der Waals surface area contributed by atoms with Crippen molar-refractivity contribution in [1.82, 2.24) is 4.90 Å². The quantitative estimate of drug-likeness (QED) is 0.678. The average molecular weight is 272 g/mol. The van der Waals surface area contributed by atoms with Crippen LogP contribution in [0.4, 0.5) is 0 Å². The van der Waals surface area contributed by atoms with E-state index in [2.05, 4.69) is 18.6 Å². The molecule has 0 aromatic heterocycles. The fraction of sp³-hybridized carbons (Fsp3) is 0.857. The van der Waals surface area contributed by atoms with E-state index in [4.69, 9.17) is 5.73 Å². The van der Waals surface area contributed by atoms with Crippen LogP contribution in [0.3, 0.4) is 0 Å². The first kappa shape index (κ1) is 17.9. The van der Waals surface area contributed by atoms with Crippen LogP contribution in [0.2, 0.25) is 0 Å². The topological polar surface area (TPSA) is 72.6 Å². The van der Waals surface area contributed by atoms with Gasteiger partial charge in [0.05, 0.1) is 12.5 Å². The van der Waals surface area contributed by atoms with Gasteiger partial charge in [0.1, 0.15) is 6.54 Å². The molecule has 0 unspecified atom stereocenters. The van der Waals surface area contributed by atoms with Crippen LogP contribution in [0.15, 0.2) is 0 Å². The van der Waals surface area contributed by atoms with E-state index in [-0.39, 0.29) is 19.0 Å². The molecule has 0 aliphatic rings. The van der Waals surface area contributed by atoms with Crippen molar-refractivity contribution in [2.45, 2.75) is 40.5 Å². The number of carbonyl (C=O) groups excluding carboxylic acids is 2. The Morgan fingerprint density at radius 3 is 2.16 bits per heavy atom. The number of rotatable bonds is 8. The summed E-state index contributed by atoms with van der Waals surface area (Å²) >= 11 is 0. The Hall–Kier alpha value is -1.10. The van der Waals surface area contributed by atoms with E-state index in [1.807, 2.05) is 0 Å². The first-order valence-electron chi connectivity index (χ1n) is 6.88. The third-order valence-corrected chi connectivity index (χ3v) is 3.56. The van der Waals surface area contributed by atoms with Crippen LogP contribution in [-0.4, -0.2) is 43.5 Å². The summed E-state index contributed by atoms with van der Waals surface area (Å²) in [5.41, 5.74) is 4.99. The standard InChI is InChI=1S/C14H28N2O3/c1-6-11(7-2)8-16(9-12(17)19-5)13(18)14(3,4)10-15/h11H,6-10,15H2,1-5H3. The van der Waals surface area contributed by atoms with Crippen molar-refractivity contribution >= 4 is 11.9 Å². The first-order chi connectivity index (χ1) is 8.82. The highest BCUT2D eigenvalue weighted by Gasteiger charge is 2.32. The Bertz CT molecular complexity index is 299. The summed E-state index contributed by atoms with van der Waals surface area (Å²) in [6.07, 6.45) is 1.95. The molecule has 0 radical (unpaired) electrons. The second-order valence-electron chi connectivity index (χ2n) is 5.53. The molecule has 19 heavy (non-hydrogen) atoms. The second-order valence-corrected chi connectivity index (χ2v) is 5.53. The lowest BCUT2D eigenvalue weighted by atomic mass is 9.91. The van der Waals surface area contributed by atoms with Gasteiger partial charge in [0, 0.05) is 13.1 Å². The average Bonchev–Trinajstić information content (AvgIpc) is 2.42. The zero-order chi connectivity index (χ0) is 15.1. The molecule has 0 heterocycles. The number of esters is 1. The summed E-state index contributed by atoms with van der Waals surface area (Å²) in [5.74, 6) is -0.0957.